The van der Waals surface area contributed by atoms with Crippen LogP contribution in [0, 0.1) is 0 Å². The van der Waals surface area contributed by atoms with E-state index >= 15 is 0 Å². The molecule has 0 fully saturated rings. The highest BCUT2D eigenvalue weighted by Gasteiger charge is 2.28. The maximum absolute atomic E-state index is 12.7. The lowest BCUT2D eigenvalue weighted by Crippen LogP contribution is -2.55. The van der Waals surface area contributed by atoms with Gasteiger partial charge in [-0.2, -0.15) is 0 Å². The van der Waals surface area contributed by atoms with Crippen LogP contribution in [-0.4, -0.2) is 69.4 Å². The molecule has 12 N–H and O–H groups in total. The molecule has 3 unspecified atom stereocenters. The third-order valence-electron chi connectivity index (χ3n) is 3.93. The number of hydrogen-bond acceptors (Lipinski definition) is 7. The van der Waals surface area contributed by atoms with Crippen LogP contribution in [0.4, 0.5) is 0 Å². The number of aromatic amines is 1. The van der Waals surface area contributed by atoms with E-state index in [1.807, 2.05) is 0 Å². The molecule has 0 spiro atoms. The fraction of sp³-hybridized carbons (Fsp3) is 0.500. The number of carbonyl (C=O) groups excluding carboxylic acids is 3. The molecule has 1 aromatic heterocycles. The number of amides is 3. The summed E-state index contributed by atoms with van der Waals surface area (Å²) in [5.41, 5.74) is 21.6. The number of aliphatic carboxylic acids is 1. The highest BCUT2D eigenvalue weighted by atomic mass is 16.4. The highest BCUT2D eigenvalue weighted by Crippen LogP contribution is 2.04. The fourth-order valence-corrected chi connectivity index (χ4v) is 2.45. The summed E-state index contributed by atoms with van der Waals surface area (Å²) in [6, 6.07) is -3.65. The molecule has 0 aliphatic rings. The summed E-state index contributed by atoms with van der Waals surface area (Å²) in [4.78, 5) is 57.6. The average molecular weight is 425 g/mol. The quantitative estimate of drug-likeness (QED) is 0.0875. The molecule has 0 saturated heterocycles. The number of aliphatic imine (C=N–C) groups is 1. The zero-order chi connectivity index (χ0) is 22.7. The first-order chi connectivity index (χ1) is 14.1. The number of carboxylic acid groups (broad SMARTS) is 1. The molecule has 1 heterocycles. The van der Waals surface area contributed by atoms with Crippen LogP contribution in [0.2, 0.25) is 0 Å². The number of rotatable bonds is 13. The van der Waals surface area contributed by atoms with Crippen molar-refractivity contribution in [2.45, 2.75) is 43.8 Å². The van der Waals surface area contributed by atoms with Gasteiger partial charge >= 0.3 is 5.97 Å². The Balaban J connectivity index is 2.84. The number of carbonyl (C=O) groups is 4. The largest absolute Gasteiger partial charge is 0.480 e. The molecule has 1 aromatic rings. The van der Waals surface area contributed by atoms with Crippen molar-refractivity contribution in [3.63, 3.8) is 0 Å². The standard InChI is InChI=1S/C16H27N9O5/c17-9(5-12(18)26)13(27)24-10(2-1-3-22-16(19)20)14(28)25-11(15(29)30)4-8-6-21-7-23-8/h6-7,9-11H,1-5,17H2,(H2,18,26)(H,21,23)(H,24,27)(H,25,28)(H,29,30)(H4,19,20,22). The molecular formula is C16H27N9O5. The third kappa shape index (κ3) is 9.01. The predicted octanol–water partition coefficient (Wildman–Crippen LogP) is -3.74. The lowest BCUT2D eigenvalue weighted by atomic mass is 10.1. The zero-order valence-corrected chi connectivity index (χ0v) is 16.2. The number of H-pyrrole nitrogens is 1. The molecule has 3 atom stereocenters. The minimum atomic E-state index is -1.27. The van der Waals surface area contributed by atoms with E-state index in [1.54, 1.807) is 0 Å². The number of primary amides is 1. The van der Waals surface area contributed by atoms with Crippen molar-refractivity contribution in [1.82, 2.24) is 20.6 Å². The van der Waals surface area contributed by atoms with Gasteiger partial charge in [0, 0.05) is 24.9 Å². The van der Waals surface area contributed by atoms with Crippen molar-refractivity contribution in [1.29, 1.82) is 0 Å². The highest BCUT2D eigenvalue weighted by molar-refractivity contribution is 5.93. The predicted molar refractivity (Wildman–Crippen MR) is 105 cm³/mol. The molecule has 0 aliphatic carbocycles. The van der Waals surface area contributed by atoms with Crippen molar-refractivity contribution >= 4 is 29.7 Å². The maximum atomic E-state index is 12.7. The van der Waals surface area contributed by atoms with Crippen LogP contribution in [0.1, 0.15) is 25.0 Å². The molecule has 0 aliphatic heterocycles. The van der Waals surface area contributed by atoms with Gasteiger partial charge in [-0.05, 0) is 12.8 Å². The summed E-state index contributed by atoms with van der Waals surface area (Å²) in [7, 11) is 0. The van der Waals surface area contributed by atoms with Gasteiger partial charge < -0.3 is 43.7 Å². The summed E-state index contributed by atoms with van der Waals surface area (Å²) >= 11 is 0. The Morgan fingerprint density at radius 2 is 1.80 bits per heavy atom. The molecule has 0 bridgehead atoms. The van der Waals surface area contributed by atoms with E-state index < -0.39 is 48.2 Å². The van der Waals surface area contributed by atoms with E-state index in [9.17, 15) is 24.3 Å². The molecule has 14 heteroatoms. The summed E-state index contributed by atoms with van der Waals surface area (Å²) in [6.07, 6.45) is 2.75. The lowest BCUT2D eigenvalue weighted by molar-refractivity contribution is -0.142. The monoisotopic (exact) mass is 425 g/mol. The molecule has 1 rings (SSSR count). The second kappa shape index (κ2) is 12.0. The van der Waals surface area contributed by atoms with Crippen LogP contribution in [0.3, 0.4) is 0 Å². The van der Waals surface area contributed by atoms with Gasteiger partial charge in [0.05, 0.1) is 18.8 Å². The minimum Gasteiger partial charge on any atom is -0.480 e. The van der Waals surface area contributed by atoms with Crippen molar-refractivity contribution in [3.05, 3.63) is 18.2 Å². The Hall–Kier alpha value is -3.68. The number of aromatic nitrogens is 2. The number of nitrogens with zero attached hydrogens (tertiary/aromatic N) is 2. The van der Waals surface area contributed by atoms with Crippen LogP contribution in [0.5, 0.6) is 0 Å². The zero-order valence-electron chi connectivity index (χ0n) is 16.2. The van der Waals surface area contributed by atoms with E-state index in [4.69, 9.17) is 22.9 Å². The normalized spacial score (nSPS) is 13.5. The molecule has 0 radical (unpaired) electrons. The molecule has 166 valence electrons. The molecule has 3 amide bonds. The second-order valence-corrected chi connectivity index (χ2v) is 6.47. The summed E-state index contributed by atoms with van der Waals surface area (Å²) < 4.78 is 0. The average Bonchev–Trinajstić information content (AvgIpc) is 3.15. The van der Waals surface area contributed by atoms with Crippen LogP contribution >= 0.6 is 0 Å². The number of carboxylic acids is 1. The van der Waals surface area contributed by atoms with Crippen molar-refractivity contribution < 1.29 is 24.3 Å². The van der Waals surface area contributed by atoms with E-state index in [2.05, 4.69) is 25.6 Å². The van der Waals surface area contributed by atoms with Crippen LogP contribution in [-0.2, 0) is 25.6 Å². The maximum Gasteiger partial charge on any atom is 0.326 e. The summed E-state index contributed by atoms with van der Waals surface area (Å²) in [5, 5.41) is 14.2. The van der Waals surface area contributed by atoms with Gasteiger partial charge in [0.25, 0.3) is 0 Å². The van der Waals surface area contributed by atoms with Crippen molar-refractivity contribution in [3.8, 4) is 0 Å². The fourth-order valence-electron chi connectivity index (χ4n) is 2.45. The Labute approximate surface area is 171 Å². The Bertz CT molecular complexity index is 761. The van der Waals surface area contributed by atoms with Gasteiger partial charge in [-0.25, -0.2) is 9.78 Å². The summed E-state index contributed by atoms with van der Waals surface area (Å²) in [6.45, 7) is 0.186. The lowest BCUT2D eigenvalue weighted by Gasteiger charge is -2.22. The van der Waals surface area contributed by atoms with E-state index in [0.717, 1.165) is 0 Å². The number of nitrogens with one attached hydrogen (secondary N) is 3. The number of hydrogen-bond donors (Lipinski definition) is 8. The SMILES string of the molecule is NC(=O)CC(N)C(=O)NC(CCCN=C(N)N)C(=O)NC(Cc1cnc[nH]1)C(=O)O. The van der Waals surface area contributed by atoms with Gasteiger partial charge in [-0.1, -0.05) is 0 Å². The number of nitrogens with two attached hydrogens (primary N) is 4. The second-order valence-electron chi connectivity index (χ2n) is 6.47. The molecule has 30 heavy (non-hydrogen) atoms. The van der Waals surface area contributed by atoms with Gasteiger partial charge in [-0.15, -0.1) is 0 Å². The number of guanidine groups is 1. The summed E-state index contributed by atoms with van der Waals surface area (Å²) in [5.74, 6) is -3.71. The Kier molecular flexibility index (Phi) is 9.75. The molecule has 0 aromatic carbocycles. The van der Waals surface area contributed by atoms with Gasteiger partial charge in [0.15, 0.2) is 5.96 Å². The minimum absolute atomic E-state index is 0.0447. The van der Waals surface area contributed by atoms with Crippen LogP contribution in [0.15, 0.2) is 17.5 Å². The third-order valence-corrected chi connectivity index (χ3v) is 3.93. The van der Waals surface area contributed by atoms with Crippen molar-refractivity contribution in [2.24, 2.45) is 27.9 Å². The smallest absolute Gasteiger partial charge is 0.326 e. The van der Waals surface area contributed by atoms with Crippen molar-refractivity contribution in [2.75, 3.05) is 6.54 Å². The Morgan fingerprint density at radius 1 is 1.13 bits per heavy atom. The molecular weight excluding hydrogens is 398 g/mol. The first-order valence-electron chi connectivity index (χ1n) is 9.00. The topological polar surface area (TPSA) is 258 Å². The van der Waals surface area contributed by atoms with E-state index in [0.29, 0.717) is 12.1 Å². The molecule has 0 saturated carbocycles. The van der Waals surface area contributed by atoms with E-state index in [-0.39, 0.29) is 25.3 Å². The van der Waals surface area contributed by atoms with Gasteiger partial charge in [-0.3, -0.25) is 19.4 Å². The Morgan fingerprint density at radius 3 is 2.33 bits per heavy atom. The van der Waals surface area contributed by atoms with Crippen LogP contribution < -0.4 is 33.6 Å². The first kappa shape index (κ1) is 24.4. The molecule has 14 nitrogen and oxygen atoms in total. The first-order valence-corrected chi connectivity index (χ1v) is 9.00. The van der Waals surface area contributed by atoms with Gasteiger partial charge in [0.2, 0.25) is 17.7 Å². The van der Waals surface area contributed by atoms with E-state index in [1.165, 1.54) is 12.5 Å². The van der Waals surface area contributed by atoms with Gasteiger partial charge in [0.1, 0.15) is 12.1 Å². The number of imidazole rings is 1. The van der Waals surface area contributed by atoms with Crippen LogP contribution in [0.25, 0.3) is 0 Å².